The van der Waals surface area contributed by atoms with Gasteiger partial charge in [-0.1, -0.05) is 68.0 Å². The normalized spacial score (nSPS) is 23.4. The van der Waals surface area contributed by atoms with Crippen molar-refractivity contribution in [3.05, 3.63) is 58.5 Å². The number of aliphatic hydroxyl groups excluding tert-OH is 2. The summed E-state index contributed by atoms with van der Waals surface area (Å²) in [7, 11) is 0. The van der Waals surface area contributed by atoms with Crippen LogP contribution in [-0.4, -0.2) is 39.3 Å². The molecular weight excluding hydrogens is 472 g/mol. The van der Waals surface area contributed by atoms with E-state index in [0.29, 0.717) is 32.1 Å². The predicted molar refractivity (Wildman–Crippen MR) is 137 cm³/mol. The molecular formula is C27H33ClO5S. The Balaban J connectivity index is 1.61. The predicted octanol–water partition coefficient (Wildman–Crippen LogP) is 5.81. The molecule has 1 aliphatic rings. The number of rotatable bonds is 11. The summed E-state index contributed by atoms with van der Waals surface area (Å²) in [4.78, 5) is 24.6. The highest BCUT2D eigenvalue weighted by Gasteiger charge is 2.52. The van der Waals surface area contributed by atoms with Crippen LogP contribution in [0.4, 0.5) is 0 Å². The molecule has 1 saturated carbocycles. The van der Waals surface area contributed by atoms with E-state index in [1.165, 1.54) is 0 Å². The Morgan fingerprint density at radius 1 is 1.26 bits per heavy atom. The summed E-state index contributed by atoms with van der Waals surface area (Å²) in [6, 6.07) is 7.97. The van der Waals surface area contributed by atoms with Crippen molar-refractivity contribution in [3.63, 3.8) is 0 Å². The van der Waals surface area contributed by atoms with Crippen molar-refractivity contribution in [1.82, 2.24) is 0 Å². The summed E-state index contributed by atoms with van der Waals surface area (Å²) in [6.45, 7) is 3.52. The highest BCUT2D eigenvalue weighted by molar-refractivity contribution is 7.19. The Hall–Kier alpha value is -1.99. The molecule has 0 spiro atoms. The van der Waals surface area contributed by atoms with Crippen LogP contribution in [-0.2, 0) is 16.0 Å². The molecule has 0 unspecified atom stereocenters. The standard InChI is InChI=1S/C27H33ClO5S/c1-27(2)25(32)18(9-5-3-4-6-12-23(30)31)19(26(27)33)15-13-17(29)14-16-22-24(28)20-10-7-8-11-21(20)34-22/h3,5,7-8,10-11,13,15,17-19,26,29,33H,4,6,9,12,14,16H2,1-2H3,(H,30,31)/t17-,18+,19+,26-/m0/s1. The number of ketones is 1. The molecule has 1 aliphatic carbocycles. The lowest BCUT2D eigenvalue weighted by molar-refractivity contribution is -0.137. The fourth-order valence-electron chi connectivity index (χ4n) is 4.59. The average molecular weight is 505 g/mol. The first-order chi connectivity index (χ1) is 16.1. The number of aliphatic carboxylic acids is 1. The van der Waals surface area contributed by atoms with Gasteiger partial charge in [-0.05, 0) is 38.2 Å². The number of fused-ring (bicyclic) bond motifs is 1. The Morgan fingerprint density at radius 3 is 2.71 bits per heavy atom. The molecule has 0 amide bonds. The summed E-state index contributed by atoms with van der Waals surface area (Å²) in [5.41, 5.74) is -0.855. The number of thiophene rings is 1. The van der Waals surface area contributed by atoms with Crippen LogP contribution in [0.15, 0.2) is 48.6 Å². The molecule has 3 rings (SSSR count). The van der Waals surface area contributed by atoms with Gasteiger partial charge in [0.25, 0.3) is 0 Å². The quantitative estimate of drug-likeness (QED) is 0.265. The van der Waals surface area contributed by atoms with Crippen LogP contribution in [0.2, 0.25) is 5.02 Å². The number of carboxylic acids is 1. The number of benzene rings is 1. The number of halogens is 1. The average Bonchev–Trinajstić information content (AvgIpc) is 3.20. The SMILES string of the molecule is CC1(C)C(=O)[C@H](CC=CCCCC(=O)O)[C@@H](C=C[C@H](O)CCc2sc3ccccc3c2Cl)[C@@H]1O. The van der Waals surface area contributed by atoms with Gasteiger partial charge in [0.05, 0.1) is 22.6 Å². The number of aryl methyl sites for hydroxylation is 1. The highest BCUT2D eigenvalue weighted by Crippen LogP contribution is 2.45. The second-order valence-corrected chi connectivity index (χ2v) is 11.0. The third kappa shape index (κ3) is 6.16. The van der Waals surface area contributed by atoms with E-state index in [1.54, 1.807) is 37.3 Å². The van der Waals surface area contributed by atoms with Gasteiger partial charge in [0.1, 0.15) is 5.78 Å². The van der Waals surface area contributed by atoms with Crippen molar-refractivity contribution >= 4 is 44.8 Å². The van der Waals surface area contributed by atoms with Gasteiger partial charge in [0.2, 0.25) is 0 Å². The molecule has 5 nitrogen and oxygen atoms in total. The number of hydrogen-bond acceptors (Lipinski definition) is 5. The number of aliphatic hydroxyl groups is 2. The lowest BCUT2D eigenvalue weighted by atomic mass is 9.86. The van der Waals surface area contributed by atoms with Gasteiger partial charge < -0.3 is 15.3 Å². The molecule has 0 aliphatic heterocycles. The summed E-state index contributed by atoms with van der Waals surface area (Å²) < 4.78 is 1.13. The third-order valence-electron chi connectivity index (χ3n) is 6.68. The number of hydrogen-bond donors (Lipinski definition) is 3. The minimum atomic E-state index is -0.855. The molecule has 1 aromatic heterocycles. The first-order valence-corrected chi connectivity index (χ1v) is 12.9. The van der Waals surface area contributed by atoms with E-state index in [0.717, 1.165) is 20.0 Å². The Bertz CT molecular complexity index is 1070. The molecule has 2 aromatic rings. The minimum absolute atomic E-state index is 0.0105. The molecule has 7 heteroatoms. The number of Topliss-reactive ketones (excluding diaryl/α,β-unsaturated/α-hetero) is 1. The van der Waals surface area contributed by atoms with Gasteiger partial charge >= 0.3 is 5.97 Å². The molecule has 4 atom stereocenters. The van der Waals surface area contributed by atoms with Crippen molar-refractivity contribution in [2.24, 2.45) is 17.3 Å². The van der Waals surface area contributed by atoms with Crippen LogP contribution in [0.1, 0.15) is 50.8 Å². The Labute approximate surface area is 209 Å². The van der Waals surface area contributed by atoms with E-state index in [4.69, 9.17) is 16.7 Å². The van der Waals surface area contributed by atoms with E-state index in [1.807, 2.05) is 36.4 Å². The first-order valence-electron chi connectivity index (χ1n) is 11.7. The first kappa shape index (κ1) is 26.6. The zero-order valence-corrected chi connectivity index (χ0v) is 21.2. The van der Waals surface area contributed by atoms with Gasteiger partial charge in [-0.3, -0.25) is 9.59 Å². The molecule has 0 radical (unpaired) electrons. The van der Waals surface area contributed by atoms with E-state index in [2.05, 4.69) is 0 Å². The van der Waals surface area contributed by atoms with E-state index < -0.39 is 23.6 Å². The minimum Gasteiger partial charge on any atom is -0.481 e. The van der Waals surface area contributed by atoms with Gasteiger partial charge in [-0.2, -0.15) is 0 Å². The number of carbonyl (C=O) groups excluding carboxylic acids is 1. The van der Waals surface area contributed by atoms with Gasteiger partial charge in [-0.15, -0.1) is 11.3 Å². The van der Waals surface area contributed by atoms with Crippen molar-refractivity contribution < 1.29 is 24.9 Å². The molecule has 1 heterocycles. The van der Waals surface area contributed by atoms with Crippen LogP contribution < -0.4 is 0 Å². The molecule has 0 bridgehead atoms. The molecule has 0 saturated heterocycles. The van der Waals surface area contributed by atoms with E-state index in [-0.39, 0.29) is 24.0 Å². The summed E-state index contributed by atoms with van der Waals surface area (Å²) in [5, 5.41) is 31.9. The molecule has 1 aromatic carbocycles. The number of unbranched alkanes of at least 4 members (excludes halogenated alkanes) is 1. The monoisotopic (exact) mass is 504 g/mol. The summed E-state index contributed by atoms with van der Waals surface area (Å²) in [5.74, 6) is -1.56. The Kier molecular flexibility index (Phi) is 9.10. The van der Waals surface area contributed by atoms with E-state index in [9.17, 15) is 19.8 Å². The maximum atomic E-state index is 13.0. The Morgan fingerprint density at radius 2 is 2.00 bits per heavy atom. The topological polar surface area (TPSA) is 94.8 Å². The second kappa shape index (κ2) is 11.6. The largest absolute Gasteiger partial charge is 0.481 e. The summed E-state index contributed by atoms with van der Waals surface area (Å²) in [6.07, 6.45) is 8.68. The lowest BCUT2D eigenvalue weighted by Crippen LogP contribution is -2.31. The summed E-state index contributed by atoms with van der Waals surface area (Å²) >= 11 is 8.14. The molecule has 34 heavy (non-hydrogen) atoms. The van der Waals surface area contributed by atoms with Crippen molar-refractivity contribution in [3.8, 4) is 0 Å². The highest BCUT2D eigenvalue weighted by atomic mass is 35.5. The van der Waals surface area contributed by atoms with E-state index >= 15 is 0 Å². The maximum Gasteiger partial charge on any atom is 0.303 e. The smallest absolute Gasteiger partial charge is 0.303 e. The lowest BCUT2D eigenvalue weighted by Gasteiger charge is -2.22. The van der Waals surface area contributed by atoms with Gasteiger partial charge in [0.15, 0.2) is 0 Å². The number of carbonyl (C=O) groups is 2. The fourth-order valence-corrected chi connectivity index (χ4v) is 6.13. The fraction of sp³-hybridized carbons (Fsp3) is 0.481. The molecule has 1 fully saturated rings. The van der Waals surface area contributed by atoms with Crippen molar-refractivity contribution in [2.75, 3.05) is 0 Å². The molecule has 3 N–H and O–H groups in total. The third-order valence-corrected chi connectivity index (χ3v) is 8.46. The van der Waals surface area contributed by atoms with Crippen LogP contribution >= 0.6 is 22.9 Å². The van der Waals surface area contributed by atoms with Crippen molar-refractivity contribution in [1.29, 1.82) is 0 Å². The molecule has 184 valence electrons. The maximum absolute atomic E-state index is 13.0. The second-order valence-electron chi connectivity index (χ2n) is 9.53. The number of carboxylic acid groups (broad SMARTS) is 1. The van der Waals surface area contributed by atoms with Crippen molar-refractivity contribution in [2.45, 2.75) is 64.6 Å². The zero-order valence-electron chi connectivity index (χ0n) is 19.6. The van der Waals surface area contributed by atoms with Crippen LogP contribution in [0.5, 0.6) is 0 Å². The zero-order chi connectivity index (χ0) is 24.9. The van der Waals surface area contributed by atoms with Crippen LogP contribution in [0, 0.1) is 17.3 Å². The number of allylic oxidation sites excluding steroid dienone is 2. The van der Waals surface area contributed by atoms with Crippen LogP contribution in [0.25, 0.3) is 10.1 Å². The van der Waals surface area contributed by atoms with Gasteiger partial charge in [-0.25, -0.2) is 0 Å². The van der Waals surface area contributed by atoms with Gasteiger partial charge in [0, 0.05) is 33.2 Å². The van der Waals surface area contributed by atoms with Crippen LogP contribution in [0.3, 0.4) is 0 Å².